The van der Waals surface area contributed by atoms with E-state index in [0.717, 1.165) is 23.2 Å². The van der Waals surface area contributed by atoms with Crippen molar-refractivity contribution in [2.24, 2.45) is 0 Å². The molecule has 0 radical (unpaired) electrons. The third kappa shape index (κ3) is 2.52. The van der Waals surface area contributed by atoms with Crippen molar-refractivity contribution in [2.75, 3.05) is 6.61 Å². The first kappa shape index (κ1) is 12.7. The number of aromatic nitrogens is 2. The van der Waals surface area contributed by atoms with Crippen LogP contribution in [0.1, 0.15) is 11.4 Å². The molecule has 0 unspecified atom stereocenters. The van der Waals surface area contributed by atoms with Gasteiger partial charge in [-0.1, -0.05) is 6.07 Å². The zero-order chi connectivity index (χ0) is 13.9. The average Bonchev–Trinajstić information content (AvgIpc) is 2.79. The minimum atomic E-state index is 0.669. The highest BCUT2D eigenvalue weighted by atomic mass is 16.5. The molecule has 0 spiro atoms. The molecule has 2 heterocycles. The number of hydrogen-bond acceptors (Lipinski definition) is 2. The Morgan fingerprint density at radius 3 is 2.65 bits per heavy atom. The molecule has 3 rings (SSSR count). The quantitative estimate of drug-likeness (QED) is 0.719. The first-order chi connectivity index (χ1) is 9.74. The van der Waals surface area contributed by atoms with Crippen LogP contribution in [-0.4, -0.2) is 16.2 Å². The molecule has 0 saturated carbocycles. The molecule has 0 amide bonds. The smallest absolute Gasteiger partial charge is 0.120 e. The van der Waals surface area contributed by atoms with Gasteiger partial charge in [-0.25, -0.2) is 0 Å². The number of rotatable bonds is 4. The minimum absolute atomic E-state index is 0.669. The van der Waals surface area contributed by atoms with E-state index in [4.69, 9.17) is 4.74 Å². The molecule has 0 N–H and O–H groups in total. The summed E-state index contributed by atoms with van der Waals surface area (Å²) in [4.78, 5) is 4.31. The van der Waals surface area contributed by atoms with Crippen LogP contribution in [0.2, 0.25) is 0 Å². The molecule has 0 aliphatic carbocycles. The molecule has 0 aliphatic heterocycles. The standard InChI is InChI=1S/C17H18N2O/c1-13-5-6-14(2)19(13)10-11-20-16-7-8-17-15(12-16)4-3-9-18-17/h3-9,12H,10-11H2,1-2H3. The van der Waals surface area contributed by atoms with Gasteiger partial charge < -0.3 is 9.30 Å². The van der Waals surface area contributed by atoms with Gasteiger partial charge in [-0.15, -0.1) is 0 Å². The number of fused-ring (bicyclic) bond motifs is 1. The summed E-state index contributed by atoms with van der Waals surface area (Å²) < 4.78 is 8.12. The first-order valence-electron chi connectivity index (χ1n) is 6.84. The van der Waals surface area contributed by atoms with Gasteiger partial charge in [-0.3, -0.25) is 4.98 Å². The summed E-state index contributed by atoms with van der Waals surface area (Å²) >= 11 is 0. The predicted molar refractivity (Wildman–Crippen MR) is 81.1 cm³/mol. The molecule has 0 saturated heterocycles. The fourth-order valence-electron chi connectivity index (χ4n) is 2.45. The molecule has 0 atom stereocenters. The van der Waals surface area contributed by atoms with E-state index in [-0.39, 0.29) is 0 Å². The Morgan fingerprint density at radius 2 is 1.85 bits per heavy atom. The highest BCUT2D eigenvalue weighted by molar-refractivity contribution is 5.79. The lowest BCUT2D eigenvalue weighted by Crippen LogP contribution is -2.10. The fraction of sp³-hybridized carbons (Fsp3) is 0.235. The molecule has 2 aromatic heterocycles. The summed E-state index contributed by atoms with van der Waals surface area (Å²) in [5.41, 5.74) is 3.54. The number of aryl methyl sites for hydroxylation is 2. The predicted octanol–water partition coefficient (Wildman–Crippen LogP) is 3.73. The van der Waals surface area contributed by atoms with Gasteiger partial charge in [0.1, 0.15) is 12.4 Å². The van der Waals surface area contributed by atoms with Gasteiger partial charge in [-0.2, -0.15) is 0 Å². The van der Waals surface area contributed by atoms with Crippen LogP contribution in [-0.2, 0) is 6.54 Å². The maximum atomic E-state index is 5.85. The van der Waals surface area contributed by atoms with Crippen molar-refractivity contribution in [3.63, 3.8) is 0 Å². The Kier molecular flexibility index (Phi) is 3.42. The van der Waals surface area contributed by atoms with Gasteiger partial charge in [0.15, 0.2) is 0 Å². The van der Waals surface area contributed by atoms with Crippen LogP contribution in [0, 0.1) is 13.8 Å². The third-order valence-electron chi connectivity index (χ3n) is 3.58. The third-order valence-corrected chi connectivity index (χ3v) is 3.58. The maximum Gasteiger partial charge on any atom is 0.120 e. The van der Waals surface area contributed by atoms with Gasteiger partial charge in [0.25, 0.3) is 0 Å². The van der Waals surface area contributed by atoms with Crippen molar-refractivity contribution in [3.05, 3.63) is 60.0 Å². The van der Waals surface area contributed by atoms with Gasteiger partial charge in [-0.05, 0) is 50.2 Å². The number of ether oxygens (including phenoxy) is 1. The van der Waals surface area contributed by atoms with Crippen LogP contribution < -0.4 is 4.74 Å². The minimum Gasteiger partial charge on any atom is -0.492 e. The average molecular weight is 266 g/mol. The summed E-state index contributed by atoms with van der Waals surface area (Å²) in [7, 11) is 0. The van der Waals surface area contributed by atoms with E-state index in [9.17, 15) is 0 Å². The molecule has 0 fully saturated rings. The fourth-order valence-corrected chi connectivity index (χ4v) is 2.45. The Morgan fingerprint density at radius 1 is 1.05 bits per heavy atom. The summed E-state index contributed by atoms with van der Waals surface area (Å²) in [6.45, 7) is 5.78. The number of pyridine rings is 1. The Balaban J connectivity index is 1.68. The molecule has 1 aromatic carbocycles. The van der Waals surface area contributed by atoms with Crippen LogP contribution in [0.4, 0.5) is 0 Å². The first-order valence-corrected chi connectivity index (χ1v) is 6.84. The lowest BCUT2D eigenvalue weighted by atomic mass is 10.2. The normalized spacial score (nSPS) is 10.9. The van der Waals surface area contributed by atoms with Crippen molar-refractivity contribution < 1.29 is 4.74 Å². The number of nitrogens with zero attached hydrogens (tertiary/aromatic N) is 2. The highest BCUT2D eigenvalue weighted by Gasteiger charge is 2.02. The number of benzene rings is 1. The second-order valence-electron chi connectivity index (χ2n) is 4.97. The van der Waals surface area contributed by atoms with Crippen molar-refractivity contribution in [1.82, 2.24) is 9.55 Å². The van der Waals surface area contributed by atoms with Crippen molar-refractivity contribution >= 4 is 10.9 Å². The molecule has 3 nitrogen and oxygen atoms in total. The van der Waals surface area contributed by atoms with Crippen LogP contribution in [0.3, 0.4) is 0 Å². The highest BCUT2D eigenvalue weighted by Crippen LogP contribution is 2.19. The Hall–Kier alpha value is -2.29. The van der Waals surface area contributed by atoms with E-state index < -0.39 is 0 Å². The molecule has 102 valence electrons. The van der Waals surface area contributed by atoms with Crippen molar-refractivity contribution in [2.45, 2.75) is 20.4 Å². The largest absolute Gasteiger partial charge is 0.492 e. The molecular weight excluding hydrogens is 248 g/mol. The Bertz CT molecular complexity index is 711. The summed E-state index contributed by atoms with van der Waals surface area (Å²) in [6.07, 6.45) is 1.81. The molecule has 20 heavy (non-hydrogen) atoms. The summed E-state index contributed by atoms with van der Waals surface area (Å²) in [5, 5.41) is 1.11. The lowest BCUT2D eigenvalue weighted by molar-refractivity contribution is 0.296. The lowest BCUT2D eigenvalue weighted by Gasteiger charge is -2.11. The second-order valence-corrected chi connectivity index (χ2v) is 4.97. The summed E-state index contributed by atoms with van der Waals surface area (Å²) in [6, 6.07) is 14.3. The number of hydrogen-bond donors (Lipinski definition) is 0. The van der Waals surface area contributed by atoms with Crippen LogP contribution in [0.25, 0.3) is 10.9 Å². The van der Waals surface area contributed by atoms with Gasteiger partial charge in [0.05, 0.1) is 12.1 Å². The van der Waals surface area contributed by atoms with Gasteiger partial charge in [0.2, 0.25) is 0 Å². The molecule has 3 aromatic rings. The van der Waals surface area contributed by atoms with E-state index in [2.05, 4.69) is 41.6 Å². The van der Waals surface area contributed by atoms with Crippen molar-refractivity contribution in [1.29, 1.82) is 0 Å². The SMILES string of the molecule is Cc1ccc(C)n1CCOc1ccc2ncccc2c1. The molecule has 3 heteroatoms. The molecular formula is C17H18N2O. The van der Waals surface area contributed by atoms with Crippen LogP contribution in [0.5, 0.6) is 5.75 Å². The van der Waals surface area contributed by atoms with E-state index in [1.165, 1.54) is 11.4 Å². The van der Waals surface area contributed by atoms with Gasteiger partial charge >= 0.3 is 0 Å². The molecule has 0 aliphatic rings. The maximum absolute atomic E-state index is 5.85. The van der Waals surface area contributed by atoms with Crippen LogP contribution in [0.15, 0.2) is 48.7 Å². The van der Waals surface area contributed by atoms with Crippen LogP contribution >= 0.6 is 0 Å². The Labute approximate surface area is 118 Å². The van der Waals surface area contributed by atoms with E-state index in [1.807, 2.05) is 24.3 Å². The van der Waals surface area contributed by atoms with Gasteiger partial charge in [0, 0.05) is 23.0 Å². The summed E-state index contributed by atoms with van der Waals surface area (Å²) in [5.74, 6) is 0.896. The molecule has 0 bridgehead atoms. The monoisotopic (exact) mass is 266 g/mol. The van der Waals surface area contributed by atoms with Crippen molar-refractivity contribution in [3.8, 4) is 5.75 Å². The zero-order valence-corrected chi connectivity index (χ0v) is 11.8. The van der Waals surface area contributed by atoms with E-state index >= 15 is 0 Å². The second kappa shape index (κ2) is 5.37. The topological polar surface area (TPSA) is 27.1 Å². The zero-order valence-electron chi connectivity index (χ0n) is 11.8. The van der Waals surface area contributed by atoms with E-state index in [1.54, 1.807) is 6.20 Å². The van der Waals surface area contributed by atoms with E-state index in [0.29, 0.717) is 6.61 Å².